The van der Waals surface area contributed by atoms with Crippen molar-refractivity contribution in [2.75, 3.05) is 13.1 Å². The summed E-state index contributed by atoms with van der Waals surface area (Å²) in [5.41, 5.74) is 2.14. The molecule has 1 aliphatic heterocycles. The van der Waals surface area contributed by atoms with Gasteiger partial charge in [0.05, 0.1) is 5.60 Å². The van der Waals surface area contributed by atoms with Gasteiger partial charge in [0.2, 0.25) is 0 Å². The van der Waals surface area contributed by atoms with E-state index in [1.54, 1.807) is 13.0 Å². The third-order valence-corrected chi connectivity index (χ3v) is 6.49. The number of amides is 1. The number of oxazole rings is 1. The van der Waals surface area contributed by atoms with Crippen LogP contribution in [0.15, 0.2) is 52.9 Å². The van der Waals surface area contributed by atoms with Crippen molar-refractivity contribution >= 4 is 17.0 Å². The van der Waals surface area contributed by atoms with Crippen LogP contribution in [0.4, 0.5) is 0 Å². The standard InChI is InChI=1S/C23H24N2O3/c1-15-24-20-10-9-16(12-21(20)28-15)22(26)25-13-17-6-5-11-23(27,19(17)14-25)18-7-3-2-4-8-18/h2-4,7-10,12,17,19,27H,5-6,11,13-14H2,1H3/t17-,19+,23+/m0/s1. The van der Waals surface area contributed by atoms with E-state index in [4.69, 9.17) is 4.42 Å². The highest BCUT2D eigenvalue weighted by molar-refractivity contribution is 5.97. The summed E-state index contributed by atoms with van der Waals surface area (Å²) in [6.45, 7) is 3.09. The molecule has 3 atom stereocenters. The summed E-state index contributed by atoms with van der Waals surface area (Å²) < 4.78 is 5.59. The number of aryl methyl sites for hydroxylation is 1. The molecule has 2 aromatic carbocycles. The van der Waals surface area contributed by atoms with Crippen LogP contribution < -0.4 is 0 Å². The highest BCUT2D eigenvalue weighted by Crippen LogP contribution is 2.48. The van der Waals surface area contributed by atoms with Crippen molar-refractivity contribution < 1.29 is 14.3 Å². The topological polar surface area (TPSA) is 66.6 Å². The van der Waals surface area contributed by atoms with Gasteiger partial charge in [-0.05, 0) is 48.9 Å². The molecule has 2 aliphatic rings. The third kappa shape index (κ3) is 2.73. The number of carbonyl (C=O) groups excluding carboxylic acids is 1. The molecule has 0 unspecified atom stereocenters. The van der Waals surface area contributed by atoms with Crippen LogP contribution in [0.1, 0.15) is 41.1 Å². The Bertz CT molecular complexity index is 1030. The molecule has 1 saturated carbocycles. The van der Waals surface area contributed by atoms with Crippen molar-refractivity contribution in [1.82, 2.24) is 9.88 Å². The van der Waals surface area contributed by atoms with Crippen LogP contribution in [0, 0.1) is 18.8 Å². The lowest BCUT2D eigenvalue weighted by atomic mass is 9.67. The molecule has 3 aromatic rings. The van der Waals surface area contributed by atoms with Gasteiger partial charge >= 0.3 is 0 Å². The van der Waals surface area contributed by atoms with Gasteiger partial charge in [-0.25, -0.2) is 4.98 Å². The Morgan fingerprint density at radius 1 is 1.21 bits per heavy atom. The van der Waals surface area contributed by atoms with Crippen LogP contribution in [0.5, 0.6) is 0 Å². The molecule has 0 radical (unpaired) electrons. The highest BCUT2D eigenvalue weighted by Gasteiger charge is 2.50. The number of nitrogens with zero attached hydrogens (tertiary/aromatic N) is 2. The molecule has 2 heterocycles. The number of aliphatic hydroxyl groups is 1. The van der Waals surface area contributed by atoms with Crippen molar-refractivity contribution in [3.8, 4) is 0 Å². The lowest BCUT2D eigenvalue weighted by Gasteiger charge is -2.41. The Hall–Kier alpha value is -2.66. The summed E-state index contributed by atoms with van der Waals surface area (Å²) in [4.78, 5) is 19.4. The highest BCUT2D eigenvalue weighted by atomic mass is 16.3. The second-order valence-electron chi connectivity index (χ2n) is 8.17. The molecule has 5 rings (SSSR count). The molecular formula is C23H24N2O3. The normalized spacial score (nSPS) is 27.1. The summed E-state index contributed by atoms with van der Waals surface area (Å²) in [7, 11) is 0. The number of likely N-dealkylation sites (tertiary alicyclic amines) is 1. The SMILES string of the molecule is Cc1nc2ccc(C(=O)N3C[C@@H]4CCC[C@@](O)(c5ccccc5)[C@@H]4C3)cc2o1. The Balaban J connectivity index is 1.42. The largest absolute Gasteiger partial charge is 0.441 e. The molecule has 2 fully saturated rings. The molecule has 1 amide bonds. The number of fused-ring (bicyclic) bond motifs is 2. The van der Waals surface area contributed by atoms with Crippen LogP contribution >= 0.6 is 0 Å². The average Bonchev–Trinajstić information content (AvgIpc) is 3.31. The molecule has 0 spiro atoms. The number of aromatic nitrogens is 1. The maximum Gasteiger partial charge on any atom is 0.254 e. The number of hydrogen-bond acceptors (Lipinski definition) is 4. The predicted octanol–water partition coefficient (Wildman–Crippen LogP) is 3.90. The number of hydrogen-bond donors (Lipinski definition) is 1. The van der Waals surface area contributed by atoms with E-state index in [1.165, 1.54) is 0 Å². The first-order valence-corrected chi connectivity index (χ1v) is 9.99. The zero-order valence-corrected chi connectivity index (χ0v) is 16.0. The molecule has 1 saturated heterocycles. The summed E-state index contributed by atoms with van der Waals surface area (Å²) in [6.07, 6.45) is 2.80. The van der Waals surface area contributed by atoms with Crippen LogP contribution in [0.2, 0.25) is 0 Å². The molecule has 1 aromatic heterocycles. The molecule has 144 valence electrons. The van der Waals surface area contributed by atoms with Crippen molar-refractivity contribution in [2.24, 2.45) is 11.8 Å². The summed E-state index contributed by atoms with van der Waals surface area (Å²) in [6, 6.07) is 15.4. The summed E-state index contributed by atoms with van der Waals surface area (Å²) in [5.74, 6) is 1.00. The van der Waals surface area contributed by atoms with E-state index in [0.29, 0.717) is 36.0 Å². The first-order chi connectivity index (χ1) is 13.5. The van der Waals surface area contributed by atoms with E-state index >= 15 is 0 Å². The molecule has 5 nitrogen and oxygen atoms in total. The minimum atomic E-state index is -0.856. The molecular weight excluding hydrogens is 352 g/mol. The number of carbonyl (C=O) groups is 1. The van der Waals surface area contributed by atoms with Gasteiger partial charge in [0.15, 0.2) is 11.5 Å². The van der Waals surface area contributed by atoms with Gasteiger partial charge in [-0.15, -0.1) is 0 Å². The van der Waals surface area contributed by atoms with Gasteiger partial charge in [-0.3, -0.25) is 4.79 Å². The van der Waals surface area contributed by atoms with E-state index in [9.17, 15) is 9.90 Å². The Labute approximate surface area is 164 Å². The van der Waals surface area contributed by atoms with E-state index < -0.39 is 5.60 Å². The van der Waals surface area contributed by atoms with E-state index in [2.05, 4.69) is 4.98 Å². The lowest BCUT2D eigenvalue weighted by Crippen LogP contribution is -2.42. The van der Waals surface area contributed by atoms with Gasteiger partial charge < -0.3 is 14.4 Å². The maximum atomic E-state index is 13.2. The fraction of sp³-hybridized carbons (Fsp3) is 0.391. The molecule has 1 aliphatic carbocycles. The van der Waals surface area contributed by atoms with Gasteiger partial charge in [0.25, 0.3) is 5.91 Å². The van der Waals surface area contributed by atoms with Crippen LogP contribution in [0.3, 0.4) is 0 Å². The predicted molar refractivity (Wildman–Crippen MR) is 106 cm³/mol. The molecule has 5 heteroatoms. The first-order valence-electron chi connectivity index (χ1n) is 9.99. The molecule has 0 bridgehead atoms. The van der Waals surface area contributed by atoms with Crippen molar-refractivity contribution in [1.29, 1.82) is 0 Å². The van der Waals surface area contributed by atoms with Gasteiger partial charge in [-0.1, -0.05) is 30.3 Å². The van der Waals surface area contributed by atoms with E-state index in [0.717, 1.165) is 30.3 Å². The van der Waals surface area contributed by atoms with Crippen molar-refractivity contribution in [3.05, 3.63) is 65.5 Å². The second kappa shape index (κ2) is 6.45. The van der Waals surface area contributed by atoms with Crippen LogP contribution in [0.25, 0.3) is 11.1 Å². The Morgan fingerprint density at radius 3 is 2.86 bits per heavy atom. The Kier molecular flexibility index (Phi) is 4.02. The first kappa shape index (κ1) is 17.4. The lowest BCUT2D eigenvalue weighted by molar-refractivity contribution is -0.0644. The van der Waals surface area contributed by atoms with Crippen molar-refractivity contribution in [2.45, 2.75) is 31.8 Å². The van der Waals surface area contributed by atoms with Crippen LogP contribution in [-0.2, 0) is 5.60 Å². The zero-order chi connectivity index (χ0) is 19.3. The number of rotatable bonds is 2. The fourth-order valence-electron chi connectivity index (χ4n) is 5.13. The maximum absolute atomic E-state index is 13.2. The second-order valence-corrected chi connectivity index (χ2v) is 8.17. The van der Waals surface area contributed by atoms with Crippen molar-refractivity contribution in [3.63, 3.8) is 0 Å². The quantitative estimate of drug-likeness (QED) is 0.737. The van der Waals surface area contributed by atoms with Gasteiger partial charge in [-0.2, -0.15) is 0 Å². The Morgan fingerprint density at radius 2 is 2.04 bits per heavy atom. The minimum Gasteiger partial charge on any atom is -0.441 e. The zero-order valence-electron chi connectivity index (χ0n) is 16.0. The minimum absolute atomic E-state index is 0.000708. The van der Waals surface area contributed by atoms with Crippen LogP contribution in [-0.4, -0.2) is 34.0 Å². The smallest absolute Gasteiger partial charge is 0.254 e. The van der Waals surface area contributed by atoms with Gasteiger partial charge in [0.1, 0.15) is 5.52 Å². The number of benzene rings is 2. The summed E-state index contributed by atoms with van der Waals surface area (Å²) >= 11 is 0. The molecule has 28 heavy (non-hydrogen) atoms. The van der Waals surface area contributed by atoms with E-state index in [-0.39, 0.29) is 11.8 Å². The van der Waals surface area contributed by atoms with Gasteiger partial charge in [0, 0.05) is 31.5 Å². The molecule has 1 N–H and O–H groups in total. The average molecular weight is 376 g/mol. The van der Waals surface area contributed by atoms with E-state index in [1.807, 2.05) is 47.4 Å². The summed E-state index contributed by atoms with van der Waals surface area (Å²) in [5, 5.41) is 11.6. The fourth-order valence-corrected chi connectivity index (χ4v) is 5.13. The third-order valence-electron chi connectivity index (χ3n) is 6.49. The monoisotopic (exact) mass is 376 g/mol.